The minimum atomic E-state index is -0.592. The molecule has 0 bridgehead atoms. The van der Waals surface area contributed by atoms with Gasteiger partial charge < -0.3 is 20.1 Å². The van der Waals surface area contributed by atoms with Gasteiger partial charge in [0.25, 0.3) is 0 Å². The Balaban J connectivity index is 1.57. The van der Waals surface area contributed by atoms with Gasteiger partial charge in [0.05, 0.1) is 12.7 Å². The summed E-state index contributed by atoms with van der Waals surface area (Å²) in [7, 11) is 1.80. The van der Waals surface area contributed by atoms with Crippen LogP contribution >= 0.6 is 11.6 Å². The van der Waals surface area contributed by atoms with Crippen LogP contribution in [0.3, 0.4) is 0 Å². The van der Waals surface area contributed by atoms with Gasteiger partial charge in [-0.15, -0.1) is 0 Å². The van der Waals surface area contributed by atoms with Crippen molar-refractivity contribution in [3.63, 3.8) is 0 Å². The van der Waals surface area contributed by atoms with E-state index in [4.69, 9.17) is 16.3 Å². The van der Waals surface area contributed by atoms with Crippen LogP contribution in [0.1, 0.15) is 37.4 Å². The second kappa shape index (κ2) is 8.39. The predicted molar refractivity (Wildman–Crippen MR) is 101 cm³/mol. The largest absolute Gasteiger partial charge is 0.387 e. The molecule has 0 saturated carbocycles. The molecule has 2 atom stereocenters. The zero-order valence-electron chi connectivity index (χ0n) is 14.9. The van der Waals surface area contributed by atoms with Crippen LogP contribution in [0.25, 0.3) is 0 Å². The van der Waals surface area contributed by atoms with E-state index in [0.717, 1.165) is 50.7 Å². The Kier molecular flexibility index (Phi) is 6.20. The lowest BCUT2D eigenvalue weighted by atomic mass is 9.76. The summed E-state index contributed by atoms with van der Waals surface area (Å²) >= 11 is 5.91. The number of halogens is 1. The van der Waals surface area contributed by atoms with Crippen molar-refractivity contribution in [3.05, 3.63) is 34.9 Å². The van der Waals surface area contributed by atoms with Crippen LogP contribution in [0.5, 0.6) is 0 Å². The Morgan fingerprint density at radius 2 is 2.12 bits per heavy atom. The predicted octanol–water partition coefficient (Wildman–Crippen LogP) is 2.84. The average Bonchev–Trinajstić information content (AvgIpc) is 2.63. The van der Waals surface area contributed by atoms with Crippen LogP contribution in [0.2, 0.25) is 5.02 Å². The fourth-order valence-electron chi connectivity index (χ4n) is 3.94. The zero-order chi connectivity index (χ0) is 17.7. The first-order valence-electron chi connectivity index (χ1n) is 9.09. The number of rotatable bonds is 3. The Bertz CT molecular complexity index is 579. The summed E-state index contributed by atoms with van der Waals surface area (Å²) in [5.74, 6) is 0.859. The molecule has 3 rings (SSSR count). The number of ether oxygens (including phenoxy) is 1. The fraction of sp³-hybridized carbons (Fsp3) is 0.632. The smallest absolute Gasteiger partial charge is 0.193 e. The molecule has 2 aliphatic heterocycles. The Morgan fingerprint density at radius 1 is 1.36 bits per heavy atom. The Labute approximate surface area is 155 Å². The first kappa shape index (κ1) is 18.5. The van der Waals surface area contributed by atoms with Gasteiger partial charge in [-0.05, 0) is 43.4 Å². The molecule has 6 heteroatoms. The van der Waals surface area contributed by atoms with E-state index in [1.165, 1.54) is 12.8 Å². The third-order valence-corrected chi connectivity index (χ3v) is 5.54. The minimum absolute atomic E-state index is 0.267. The van der Waals surface area contributed by atoms with Crippen LogP contribution in [0, 0.1) is 5.41 Å². The molecule has 25 heavy (non-hydrogen) atoms. The first-order chi connectivity index (χ1) is 12.1. The maximum atomic E-state index is 10.4. The van der Waals surface area contributed by atoms with Crippen LogP contribution in [-0.4, -0.2) is 55.9 Å². The number of nitrogens with one attached hydrogen (secondary N) is 1. The maximum Gasteiger partial charge on any atom is 0.193 e. The summed E-state index contributed by atoms with van der Waals surface area (Å²) in [6.45, 7) is 4.15. The normalized spacial score (nSPS) is 25.9. The molecule has 138 valence electrons. The van der Waals surface area contributed by atoms with E-state index in [1.807, 2.05) is 12.1 Å². The summed E-state index contributed by atoms with van der Waals surface area (Å²) < 4.78 is 5.75. The van der Waals surface area contributed by atoms with Crippen LogP contribution < -0.4 is 5.32 Å². The molecule has 0 amide bonds. The van der Waals surface area contributed by atoms with E-state index in [2.05, 4.69) is 15.2 Å². The molecule has 0 aliphatic carbocycles. The number of aliphatic hydroxyl groups excluding tert-OH is 1. The van der Waals surface area contributed by atoms with Crippen molar-refractivity contribution in [1.82, 2.24) is 10.2 Å². The number of aliphatic imine (C=N–C) groups is 1. The number of aliphatic hydroxyl groups is 1. The van der Waals surface area contributed by atoms with Crippen LogP contribution in [-0.2, 0) is 4.74 Å². The highest BCUT2D eigenvalue weighted by Crippen LogP contribution is 2.37. The molecule has 5 nitrogen and oxygen atoms in total. The van der Waals surface area contributed by atoms with E-state index in [9.17, 15) is 5.11 Å². The van der Waals surface area contributed by atoms with E-state index >= 15 is 0 Å². The molecule has 2 saturated heterocycles. The number of likely N-dealkylation sites (tertiary alicyclic amines) is 1. The van der Waals surface area contributed by atoms with Gasteiger partial charge in [-0.25, -0.2) is 0 Å². The van der Waals surface area contributed by atoms with Gasteiger partial charge in [-0.2, -0.15) is 0 Å². The topological polar surface area (TPSA) is 57.1 Å². The highest BCUT2D eigenvalue weighted by molar-refractivity contribution is 6.30. The molecule has 0 radical (unpaired) electrons. The lowest BCUT2D eigenvalue weighted by molar-refractivity contribution is -0.0371. The van der Waals surface area contributed by atoms with Crippen molar-refractivity contribution in [3.8, 4) is 0 Å². The number of benzene rings is 1. The van der Waals surface area contributed by atoms with Gasteiger partial charge in [-0.3, -0.25) is 4.99 Å². The molecule has 2 heterocycles. The van der Waals surface area contributed by atoms with Crippen LogP contribution in [0.4, 0.5) is 0 Å². The molecule has 2 unspecified atom stereocenters. The molecule has 0 aromatic heterocycles. The van der Waals surface area contributed by atoms with Gasteiger partial charge >= 0.3 is 0 Å². The molecule has 1 aromatic rings. The maximum absolute atomic E-state index is 10.4. The van der Waals surface area contributed by atoms with Crippen molar-refractivity contribution in [2.24, 2.45) is 10.4 Å². The SMILES string of the molecule is CN=C(NCC(O)c1ccc(Cl)cc1)N1CCCC2(CCCOC2)C1. The third-order valence-electron chi connectivity index (χ3n) is 5.29. The highest BCUT2D eigenvalue weighted by atomic mass is 35.5. The summed E-state index contributed by atoms with van der Waals surface area (Å²) in [4.78, 5) is 6.74. The molecular weight excluding hydrogens is 338 g/mol. The molecule has 1 spiro atoms. The van der Waals surface area contributed by atoms with E-state index < -0.39 is 6.10 Å². The monoisotopic (exact) mass is 365 g/mol. The van der Waals surface area contributed by atoms with Gasteiger partial charge in [0.2, 0.25) is 0 Å². The Morgan fingerprint density at radius 3 is 2.80 bits per heavy atom. The summed E-state index contributed by atoms with van der Waals surface area (Å²) in [5.41, 5.74) is 1.12. The molecule has 2 N–H and O–H groups in total. The first-order valence-corrected chi connectivity index (χ1v) is 9.47. The summed E-state index contributed by atoms with van der Waals surface area (Å²) in [6.07, 6.45) is 4.17. The van der Waals surface area contributed by atoms with Crippen LogP contribution in [0.15, 0.2) is 29.3 Å². The molecule has 2 fully saturated rings. The van der Waals surface area contributed by atoms with E-state index in [1.54, 1.807) is 19.2 Å². The molecule has 1 aromatic carbocycles. The Hall–Kier alpha value is -1.30. The van der Waals surface area contributed by atoms with Gasteiger partial charge in [0.15, 0.2) is 5.96 Å². The number of nitrogens with zero attached hydrogens (tertiary/aromatic N) is 2. The van der Waals surface area contributed by atoms with Crippen molar-refractivity contribution in [2.75, 3.05) is 39.9 Å². The van der Waals surface area contributed by atoms with Gasteiger partial charge in [0.1, 0.15) is 0 Å². The molecular formula is C19H28ClN3O2. The van der Waals surface area contributed by atoms with Crippen molar-refractivity contribution < 1.29 is 9.84 Å². The van der Waals surface area contributed by atoms with Crippen molar-refractivity contribution >= 4 is 17.6 Å². The number of hydrogen-bond donors (Lipinski definition) is 2. The quantitative estimate of drug-likeness (QED) is 0.638. The number of guanidine groups is 1. The highest BCUT2D eigenvalue weighted by Gasteiger charge is 2.38. The lowest BCUT2D eigenvalue weighted by Crippen LogP contribution is -2.53. The van der Waals surface area contributed by atoms with Gasteiger partial charge in [0, 0.05) is 43.7 Å². The standard InChI is InChI=1S/C19H28ClN3O2/c1-21-18(22-12-17(24)15-4-6-16(20)7-5-15)23-10-2-8-19(13-23)9-3-11-25-14-19/h4-7,17,24H,2-3,8-14H2,1H3,(H,21,22). The second-order valence-corrected chi connectivity index (χ2v) is 7.61. The fourth-order valence-corrected chi connectivity index (χ4v) is 4.07. The lowest BCUT2D eigenvalue weighted by Gasteiger charge is -2.45. The molecule has 2 aliphatic rings. The summed E-state index contributed by atoms with van der Waals surface area (Å²) in [6, 6.07) is 7.30. The number of piperidine rings is 1. The number of hydrogen-bond acceptors (Lipinski definition) is 3. The van der Waals surface area contributed by atoms with Crippen molar-refractivity contribution in [2.45, 2.75) is 31.8 Å². The summed E-state index contributed by atoms with van der Waals surface area (Å²) in [5, 5.41) is 14.4. The second-order valence-electron chi connectivity index (χ2n) is 7.18. The zero-order valence-corrected chi connectivity index (χ0v) is 15.6. The third kappa shape index (κ3) is 4.66. The van der Waals surface area contributed by atoms with E-state index in [0.29, 0.717) is 11.6 Å². The van der Waals surface area contributed by atoms with Gasteiger partial charge in [-0.1, -0.05) is 23.7 Å². The van der Waals surface area contributed by atoms with Crippen molar-refractivity contribution in [1.29, 1.82) is 0 Å². The van der Waals surface area contributed by atoms with E-state index in [-0.39, 0.29) is 5.41 Å². The average molecular weight is 366 g/mol. The minimum Gasteiger partial charge on any atom is -0.387 e.